The first-order chi connectivity index (χ1) is 12.7. The lowest BCUT2D eigenvalue weighted by Gasteiger charge is -2.10. The normalized spacial score (nSPS) is 11.0. The highest BCUT2D eigenvalue weighted by Crippen LogP contribution is 2.23. The molecule has 0 fully saturated rings. The molecule has 0 bridgehead atoms. The molecule has 2 aromatic carbocycles. The molecule has 1 aromatic heterocycles. The van der Waals surface area contributed by atoms with Crippen molar-refractivity contribution in [2.45, 2.75) is 18.3 Å². The number of hydrogen-bond donors (Lipinski definition) is 1. The summed E-state index contributed by atoms with van der Waals surface area (Å²) in [5.41, 5.74) is 8.27. The molecule has 1 amide bonds. The Balaban J connectivity index is 1.63. The van der Waals surface area contributed by atoms with Gasteiger partial charge in [0.25, 0.3) is 0 Å². The van der Waals surface area contributed by atoms with Gasteiger partial charge in [0.15, 0.2) is 5.16 Å². The zero-order valence-electron chi connectivity index (χ0n) is 14.6. The van der Waals surface area contributed by atoms with Crippen molar-refractivity contribution in [3.8, 4) is 5.75 Å². The number of benzene rings is 2. The molecule has 0 aliphatic heterocycles. The molecule has 2 N–H and O–H groups in total. The molecule has 7 heteroatoms. The number of ether oxygens (including phenoxy) is 2. The van der Waals surface area contributed by atoms with E-state index in [9.17, 15) is 4.79 Å². The smallest absolute Gasteiger partial charge is 0.227 e. The van der Waals surface area contributed by atoms with Crippen LogP contribution in [0.1, 0.15) is 5.56 Å². The Labute approximate surface area is 156 Å². The number of nitrogens with two attached hydrogens (primary N) is 1. The number of aromatic nitrogens is 2. The van der Waals surface area contributed by atoms with Gasteiger partial charge in [-0.1, -0.05) is 36.0 Å². The largest absolute Gasteiger partial charge is 0.497 e. The summed E-state index contributed by atoms with van der Waals surface area (Å²) in [5.74, 6) is 0.676. The maximum atomic E-state index is 11.1. The second kappa shape index (κ2) is 8.73. The quantitative estimate of drug-likeness (QED) is 0.462. The van der Waals surface area contributed by atoms with E-state index in [4.69, 9.17) is 15.2 Å². The fourth-order valence-corrected chi connectivity index (χ4v) is 3.36. The highest BCUT2D eigenvalue weighted by atomic mass is 32.2. The third-order valence-corrected chi connectivity index (χ3v) is 4.85. The van der Waals surface area contributed by atoms with Gasteiger partial charge >= 0.3 is 0 Å². The van der Waals surface area contributed by atoms with E-state index in [1.807, 2.05) is 48.5 Å². The van der Waals surface area contributed by atoms with Crippen LogP contribution in [-0.4, -0.2) is 34.9 Å². The summed E-state index contributed by atoms with van der Waals surface area (Å²) in [5, 5.41) is 0.776. The molecule has 1 heterocycles. The van der Waals surface area contributed by atoms with Crippen LogP contribution in [0.3, 0.4) is 0 Å². The number of methoxy groups -OCH3 is 1. The van der Waals surface area contributed by atoms with Crippen LogP contribution in [0.4, 0.5) is 0 Å². The Morgan fingerprint density at radius 1 is 1.19 bits per heavy atom. The molecule has 136 valence electrons. The van der Waals surface area contributed by atoms with Gasteiger partial charge < -0.3 is 19.8 Å². The Morgan fingerprint density at radius 2 is 1.96 bits per heavy atom. The average molecular weight is 371 g/mol. The van der Waals surface area contributed by atoms with Crippen LogP contribution in [0.5, 0.6) is 5.75 Å². The van der Waals surface area contributed by atoms with Crippen molar-refractivity contribution >= 4 is 28.7 Å². The molecular formula is C19H21N3O3S. The third-order valence-electron chi connectivity index (χ3n) is 3.85. The van der Waals surface area contributed by atoms with Crippen LogP contribution < -0.4 is 10.5 Å². The number of carbonyl (C=O) groups excluding carboxylic acids is 1. The lowest BCUT2D eigenvalue weighted by atomic mass is 10.2. The van der Waals surface area contributed by atoms with Gasteiger partial charge in [-0.15, -0.1) is 0 Å². The zero-order chi connectivity index (χ0) is 18.4. The van der Waals surface area contributed by atoms with Crippen molar-refractivity contribution in [3.63, 3.8) is 0 Å². The predicted octanol–water partition coefficient (Wildman–Crippen LogP) is 2.84. The second-order valence-electron chi connectivity index (χ2n) is 5.69. The molecule has 0 radical (unpaired) electrons. The molecule has 6 nitrogen and oxygen atoms in total. The molecule has 26 heavy (non-hydrogen) atoms. The fraction of sp³-hybridized carbons (Fsp3) is 0.263. The Morgan fingerprint density at radius 3 is 2.69 bits per heavy atom. The van der Waals surface area contributed by atoms with E-state index in [-0.39, 0.29) is 11.7 Å². The van der Waals surface area contributed by atoms with Gasteiger partial charge in [0.2, 0.25) is 5.91 Å². The standard InChI is InChI=1S/C19H21N3O3S/c1-24-15-8-6-14(7-9-15)12-25-11-10-22-17-5-3-2-4-16(17)21-19(22)26-13-18(20)23/h2-9H,10-13H2,1H3,(H2,20,23). The van der Waals surface area contributed by atoms with Crippen LogP contribution in [0, 0.1) is 0 Å². The van der Waals surface area contributed by atoms with Gasteiger partial charge in [0.1, 0.15) is 5.75 Å². The first-order valence-electron chi connectivity index (χ1n) is 8.24. The summed E-state index contributed by atoms with van der Waals surface area (Å²) >= 11 is 1.35. The molecule has 0 aliphatic carbocycles. The van der Waals surface area contributed by atoms with Gasteiger partial charge in [-0.2, -0.15) is 0 Å². The summed E-state index contributed by atoms with van der Waals surface area (Å²) in [4.78, 5) is 15.7. The monoisotopic (exact) mass is 371 g/mol. The van der Waals surface area contributed by atoms with Crippen LogP contribution in [0.25, 0.3) is 11.0 Å². The van der Waals surface area contributed by atoms with E-state index in [2.05, 4.69) is 9.55 Å². The van der Waals surface area contributed by atoms with Gasteiger partial charge in [-0.25, -0.2) is 4.98 Å². The first kappa shape index (κ1) is 18.3. The Hall–Kier alpha value is -2.51. The Kier molecular flexibility index (Phi) is 6.14. The third kappa shape index (κ3) is 4.56. The summed E-state index contributed by atoms with van der Waals surface area (Å²) in [6.45, 7) is 1.72. The van der Waals surface area contributed by atoms with E-state index in [0.29, 0.717) is 19.8 Å². The lowest BCUT2D eigenvalue weighted by molar-refractivity contribution is -0.115. The molecule has 0 atom stereocenters. The Bertz CT molecular complexity index is 877. The number of thioether (sulfide) groups is 1. The van der Waals surface area contributed by atoms with E-state index >= 15 is 0 Å². The van der Waals surface area contributed by atoms with Crippen molar-refractivity contribution < 1.29 is 14.3 Å². The van der Waals surface area contributed by atoms with E-state index in [1.165, 1.54) is 11.8 Å². The molecule has 0 aliphatic rings. The van der Waals surface area contributed by atoms with Crippen molar-refractivity contribution in [1.82, 2.24) is 9.55 Å². The van der Waals surface area contributed by atoms with E-state index in [1.54, 1.807) is 7.11 Å². The summed E-state index contributed by atoms with van der Waals surface area (Å²) in [6, 6.07) is 15.7. The first-order valence-corrected chi connectivity index (χ1v) is 9.23. The molecule has 3 aromatic rings. The maximum absolute atomic E-state index is 11.1. The summed E-state index contributed by atoms with van der Waals surface area (Å²) in [7, 11) is 1.65. The molecule has 3 rings (SSSR count). The maximum Gasteiger partial charge on any atom is 0.227 e. The second-order valence-corrected chi connectivity index (χ2v) is 6.63. The molecule has 0 saturated heterocycles. The highest BCUT2D eigenvalue weighted by Gasteiger charge is 2.11. The topological polar surface area (TPSA) is 79.4 Å². The lowest BCUT2D eigenvalue weighted by Crippen LogP contribution is -2.14. The highest BCUT2D eigenvalue weighted by molar-refractivity contribution is 7.99. The predicted molar refractivity (Wildman–Crippen MR) is 102 cm³/mol. The minimum atomic E-state index is -0.357. The molecule has 0 unspecified atom stereocenters. The number of imidazole rings is 1. The summed E-state index contributed by atoms with van der Waals surface area (Å²) in [6.07, 6.45) is 0. The molecule has 0 saturated carbocycles. The van der Waals surface area contributed by atoms with E-state index < -0.39 is 0 Å². The zero-order valence-corrected chi connectivity index (χ0v) is 15.4. The number of amides is 1. The van der Waals surface area contributed by atoms with Crippen LogP contribution in [0.2, 0.25) is 0 Å². The molecule has 0 spiro atoms. The number of fused-ring (bicyclic) bond motifs is 1. The van der Waals surface area contributed by atoms with Gasteiger partial charge in [-0.05, 0) is 29.8 Å². The summed E-state index contributed by atoms with van der Waals surface area (Å²) < 4.78 is 13.0. The van der Waals surface area contributed by atoms with Crippen molar-refractivity contribution in [2.75, 3.05) is 19.5 Å². The van der Waals surface area contributed by atoms with Crippen LogP contribution in [0.15, 0.2) is 53.7 Å². The van der Waals surface area contributed by atoms with Gasteiger partial charge in [-0.3, -0.25) is 4.79 Å². The number of primary amides is 1. The van der Waals surface area contributed by atoms with Crippen LogP contribution in [-0.2, 0) is 22.7 Å². The van der Waals surface area contributed by atoms with Gasteiger partial charge in [0.05, 0.1) is 37.1 Å². The molecular weight excluding hydrogens is 350 g/mol. The van der Waals surface area contributed by atoms with E-state index in [0.717, 1.165) is 27.5 Å². The van der Waals surface area contributed by atoms with Crippen molar-refractivity contribution in [3.05, 3.63) is 54.1 Å². The number of carbonyl (C=O) groups is 1. The van der Waals surface area contributed by atoms with Crippen LogP contribution >= 0.6 is 11.8 Å². The average Bonchev–Trinajstić information content (AvgIpc) is 3.01. The number of nitrogens with zero attached hydrogens (tertiary/aromatic N) is 2. The van der Waals surface area contributed by atoms with Gasteiger partial charge in [0, 0.05) is 6.54 Å². The fourth-order valence-electron chi connectivity index (χ4n) is 2.58. The van der Waals surface area contributed by atoms with Crippen molar-refractivity contribution in [1.29, 1.82) is 0 Å². The van der Waals surface area contributed by atoms with Crippen molar-refractivity contribution in [2.24, 2.45) is 5.73 Å². The number of rotatable bonds is 9. The minimum absolute atomic E-state index is 0.204. The number of hydrogen-bond acceptors (Lipinski definition) is 5. The minimum Gasteiger partial charge on any atom is -0.497 e. The number of para-hydroxylation sites is 2. The SMILES string of the molecule is COc1ccc(COCCn2c(SCC(N)=O)nc3ccccc32)cc1.